The van der Waals surface area contributed by atoms with Crippen molar-refractivity contribution in [1.82, 2.24) is 4.98 Å². The molecule has 5 aromatic carbocycles. The van der Waals surface area contributed by atoms with Gasteiger partial charge in [0.2, 0.25) is 0 Å². The summed E-state index contributed by atoms with van der Waals surface area (Å²) in [6.07, 6.45) is 11.1. The molecule has 47 heavy (non-hydrogen) atoms. The second kappa shape index (κ2) is 13.1. The quantitative estimate of drug-likeness (QED) is 0.0867. The summed E-state index contributed by atoms with van der Waals surface area (Å²) in [4.78, 5) is 4.77. The monoisotopic (exact) mass is 617 g/mol. The zero-order valence-electron chi connectivity index (χ0n) is 27.5. The number of hydrogen-bond donors (Lipinski definition) is 0. The van der Waals surface area contributed by atoms with Gasteiger partial charge in [0.15, 0.2) is 0 Å². The van der Waals surface area contributed by atoms with Crippen molar-refractivity contribution in [2.75, 3.05) is 19.7 Å². The molecule has 3 aliphatic rings. The number of nitrogens with zero attached hydrogens (tertiary/aromatic N) is 2. The van der Waals surface area contributed by atoms with E-state index in [0.29, 0.717) is 12.6 Å². The largest absolute Gasteiger partial charge is 0.367 e. The second-order valence-electron chi connectivity index (χ2n) is 13.9. The highest BCUT2D eigenvalue weighted by atomic mass is 16.5. The summed E-state index contributed by atoms with van der Waals surface area (Å²) >= 11 is 0. The fraction of sp³-hybridized carbons (Fsp3) is 0.295. The fourth-order valence-corrected chi connectivity index (χ4v) is 9.06. The molecule has 1 aromatic heterocycles. The highest BCUT2D eigenvalue weighted by Crippen LogP contribution is 2.50. The van der Waals surface area contributed by atoms with E-state index in [1.807, 2.05) is 6.20 Å². The van der Waals surface area contributed by atoms with E-state index >= 15 is 0 Å². The number of benzene rings is 5. The normalized spacial score (nSPS) is 23.2. The van der Waals surface area contributed by atoms with Gasteiger partial charge in [-0.1, -0.05) is 116 Å². The zero-order valence-corrected chi connectivity index (χ0v) is 27.5. The molecule has 6 aromatic rings. The minimum atomic E-state index is -0.00475. The van der Waals surface area contributed by atoms with Crippen molar-refractivity contribution in [3.05, 3.63) is 144 Å². The minimum Gasteiger partial charge on any atom is -0.367 e. The van der Waals surface area contributed by atoms with Crippen LogP contribution in [-0.2, 0) is 11.3 Å². The van der Waals surface area contributed by atoms with E-state index in [-0.39, 0.29) is 6.10 Å². The van der Waals surface area contributed by atoms with Gasteiger partial charge < -0.3 is 9.22 Å². The lowest BCUT2D eigenvalue weighted by Gasteiger charge is -2.59. The van der Waals surface area contributed by atoms with Crippen LogP contribution in [0.25, 0.3) is 38.5 Å². The smallest absolute Gasteiger partial charge is 0.135 e. The van der Waals surface area contributed by atoms with Crippen LogP contribution in [0.15, 0.2) is 128 Å². The molecule has 0 spiro atoms. The molecule has 3 heteroatoms. The van der Waals surface area contributed by atoms with Crippen molar-refractivity contribution in [2.24, 2.45) is 11.8 Å². The molecule has 4 heterocycles. The second-order valence-corrected chi connectivity index (χ2v) is 13.9. The Labute approximate surface area is 279 Å². The fourth-order valence-electron chi connectivity index (χ4n) is 9.06. The van der Waals surface area contributed by atoms with Gasteiger partial charge >= 0.3 is 0 Å². The Balaban J connectivity index is 1.22. The third-order valence-corrected chi connectivity index (χ3v) is 11.4. The van der Waals surface area contributed by atoms with Crippen LogP contribution >= 0.6 is 0 Å². The number of rotatable bonds is 10. The molecule has 0 radical (unpaired) electrons. The average Bonchev–Trinajstić information content (AvgIpc) is 3.13. The van der Waals surface area contributed by atoms with Gasteiger partial charge in [0, 0.05) is 35.9 Å². The number of pyridine rings is 1. The Bertz CT molecular complexity index is 1970. The molecule has 0 aliphatic carbocycles. The number of hydrogen-bond acceptors (Lipinski definition) is 2. The molecule has 3 fully saturated rings. The number of aromatic nitrogens is 1. The van der Waals surface area contributed by atoms with E-state index in [9.17, 15) is 0 Å². The first kappa shape index (κ1) is 30.1. The molecule has 0 unspecified atom stereocenters. The van der Waals surface area contributed by atoms with Crippen molar-refractivity contribution >= 4 is 38.5 Å². The SMILES string of the molecule is CC[C@H]1C[N@+]2(Cc3c4ccccc4cc4ccccc34)CC[C@H]1C[C@@H]2[C@H](OCC/C=C/c1ccccc1)c1ccnc2ccccc12. The molecule has 2 bridgehead atoms. The van der Waals surface area contributed by atoms with Gasteiger partial charge in [-0.25, -0.2) is 0 Å². The van der Waals surface area contributed by atoms with E-state index in [0.717, 1.165) is 34.8 Å². The predicted molar refractivity (Wildman–Crippen MR) is 196 cm³/mol. The molecule has 0 saturated carbocycles. The van der Waals surface area contributed by atoms with Crippen LogP contribution in [0.4, 0.5) is 0 Å². The van der Waals surface area contributed by atoms with Crippen molar-refractivity contribution < 1.29 is 9.22 Å². The number of fused-ring (bicyclic) bond motifs is 6. The first-order chi connectivity index (χ1) is 23.2. The van der Waals surface area contributed by atoms with Gasteiger partial charge in [0.1, 0.15) is 18.7 Å². The molecule has 236 valence electrons. The van der Waals surface area contributed by atoms with Crippen LogP contribution in [-0.4, -0.2) is 35.2 Å². The van der Waals surface area contributed by atoms with Crippen molar-refractivity contribution in [3.63, 3.8) is 0 Å². The number of quaternary nitrogens is 1. The molecule has 0 N–H and O–H groups in total. The van der Waals surface area contributed by atoms with E-state index in [1.54, 1.807) is 0 Å². The van der Waals surface area contributed by atoms with E-state index in [1.165, 1.54) is 76.0 Å². The molecule has 9 rings (SSSR count). The first-order valence-corrected chi connectivity index (χ1v) is 17.6. The Hall–Kier alpha value is -4.31. The lowest BCUT2D eigenvalue weighted by molar-refractivity contribution is -0.985. The van der Waals surface area contributed by atoms with Gasteiger partial charge in [-0.3, -0.25) is 4.98 Å². The number of para-hydroxylation sites is 1. The van der Waals surface area contributed by atoms with Crippen LogP contribution in [0.1, 0.15) is 55.4 Å². The van der Waals surface area contributed by atoms with Crippen molar-refractivity contribution in [2.45, 2.75) is 51.3 Å². The maximum absolute atomic E-state index is 7.18. The van der Waals surface area contributed by atoms with Crippen molar-refractivity contribution in [3.8, 4) is 0 Å². The van der Waals surface area contributed by atoms with Gasteiger partial charge in [-0.15, -0.1) is 0 Å². The third-order valence-electron chi connectivity index (χ3n) is 11.4. The molecular formula is C44H45N2O+. The van der Waals surface area contributed by atoms with Crippen LogP contribution in [0.5, 0.6) is 0 Å². The molecule has 5 atom stereocenters. The molecule has 3 nitrogen and oxygen atoms in total. The maximum Gasteiger partial charge on any atom is 0.135 e. The third kappa shape index (κ3) is 5.77. The van der Waals surface area contributed by atoms with Crippen molar-refractivity contribution in [1.29, 1.82) is 0 Å². The van der Waals surface area contributed by atoms with Crippen LogP contribution in [0, 0.1) is 11.8 Å². The zero-order chi connectivity index (χ0) is 31.6. The molecule has 3 saturated heterocycles. The molecule has 0 amide bonds. The Kier molecular flexibility index (Phi) is 8.35. The molecule has 3 aliphatic heterocycles. The summed E-state index contributed by atoms with van der Waals surface area (Å²) in [6.45, 7) is 6.57. The van der Waals surface area contributed by atoms with Gasteiger partial charge in [-0.05, 0) is 69.6 Å². The summed E-state index contributed by atoms with van der Waals surface area (Å²) in [6, 6.07) is 42.3. The van der Waals surface area contributed by atoms with Gasteiger partial charge in [0.05, 0.1) is 25.2 Å². The summed E-state index contributed by atoms with van der Waals surface area (Å²) in [5, 5.41) is 6.71. The standard InChI is InChI=1S/C44H45N2O/c1-2-33-30-46(31-41-37-19-8-6-17-35(37)28-36-18-7-9-20-38(36)41)26-24-34(33)29-43(46)44(40-23-25-45-42-22-11-10-21-39(40)42)47-27-13-12-16-32-14-4-3-5-15-32/h3-12,14-23,25,28,33-34,43-44H,2,13,24,26-27,29-31H2,1H3/q+1/b16-12+/t33-,34-,43+,44+,46-/m0/s1. The average molecular weight is 618 g/mol. The predicted octanol–water partition coefficient (Wildman–Crippen LogP) is 10.5. The topological polar surface area (TPSA) is 22.1 Å². The van der Waals surface area contributed by atoms with Crippen LogP contribution < -0.4 is 0 Å². The van der Waals surface area contributed by atoms with Gasteiger partial charge in [-0.2, -0.15) is 0 Å². The minimum absolute atomic E-state index is 0.00475. The van der Waals surface area contributed by atoms with Crippen LogP contribution in [0.3, 0.4) is 0 Å². The first-order valence-electron chi connectivity index (χ1n) is 17.6. The van der Waals surface area contributed by atoms with E-state index in [4.69, 9.17) is 9.72 Å². The lowest BCUT2D eigenvalue weighted by Crippen LogP contribution is -2.68. The van der Waals surface area contributed by atoms with E-state index < -0.39 is 0 Å². The number of piperidine rings is 3. The summed E-state index contributed by atoms with van der Waals surface area (Å²) < 4.78 is 8.27. The van der Waals surface area contributed by atoms with E-state index in [2.05, 4.69) is 134 Å². The molecular weight excluding hydrogens is 572 g/mol. The summed E-state index contributed by atoms with van der Waals surface area (Å²) in [5.74, 6) is 1.51. The highest BCUT2D eigenvalue weighted by molar-refractivity contribution is 6.02. The van der Waals surface area contributed by atoms with Gasteiger partial charge in [0.25, 0.3) is 0 Å². The highest BCUT2D eigenvalue weighted by Gasteiger charge is 2.55. The summed E-state index contributed by atoms with van der Waals surface area (Å²) in [7, 11) is 0. The number of ether oxygens (including phenoxy) is 1. The summed E-state index contributed by atoms with van der Waals surface area (Å²) in [5.41, 5.74) is 5.09. The lowest BCUT2D eigenvalue weighted by atomic mass is 9.70. The Morgan fingerprint density at radius 3 is 2.30 bits per heavy atom. The Morgan fingerprint density at radius 1 is 0.830 bits per heavy atom. The Morgan fingerprint density at radius 2 is 1.53 bits per heavy atom. The van der Waals surface area contributed by atoms with Crippen LogP contribution in [0.2, 0.25) is 0 Å². The maximum atomic E-state index is 7.18.